The van der Waals surface area contributed by atoms with Crippen molar-refractivity contribution < 1.29 is 18.3 Å². The van der Waals surface area contributed by atoms with Crippen LogP contribution in [0.4, 0.5) is 5.69 Å². The molecule has 0 spiro atoms. The Labute approximate surface area is 117 Å². The zero-order valence-electron chi connectivity index (χ0n) is 10.9. The summed E-state index contributed by atoms with van der Waals surface area (Å²) >= 11 is 0. The third-order valence-electron chi connectivity index (χ3n) is 3.37. The van der Waals surface area contributed by atoms with Crippen LogP contribution in [0, 0.1) is 11.3 Å². The van der Waals surface area contributed by atoms with E-state index in [2.05, 4.69) is 0 Å². The van der Waals surface area contributed by atoms with Crippen LogP contribution in [-0.2, 0) is 16.4 Å². The van der Waals surface area contributed by atoms with Crippen molar-refractivity contribution in [3.05, 3.63) is 29.3 Å². The predicted octanol–water partition coefficient (Wildman–Crippen LogP) is 1.38. The summed E-state index contributed by atoms with van der Waals surface area (Å²) in [6.07, 6.45) is 0.722. The molecule has 0 radical (unpaired) electrons. The second kappa shape index (κ2) is 5.13. The lowest BCUT2D eigenvalue weighted by Crippen LogP contribution is -2.37. The van der Waals surface area contributed by atoms with Crippen molar-refractivity contribution in [3.63, 3.8) is 0 Å². The maximum atomic E-state index is 12.4. The minimum atomic E-state index is -3.78. The van der Waals surface area contributed by atoms with Gasteiger partial charge in [0, 0.05) is 6.54 Å². The van der Waals surface area contributed by atoms with Gasteiger partial charge < -0.3 is 5.11 Å². The van der Waals surface area contributed by atoms with Gasteiger partial charge in [0.2, 0.25) is 0 Å². The third kappa shape index (κ3) is 2.23. The first kappa shape index (κ1) is 14.3. The topological polar surface area (TPSA) is 98.5 Å². The van der Waals surface area contributed by atoms with E-state index in [0.717, 1.165) is 9.87 Å². The van der Waals surface area contributed by atoms with Gasteiger partial charge in [0.15, 0.2) is 5.25 Å². The van der Waals surface area contributed by atoms with E-state index in [4.69, 9.17) is 10.4 Å². The molecule has 1 aromatic carbocycles. The van der Waals surface area contributed by atoms with Crippen molar-refractivity contribution in [2.45, 2.75) is 25.0 Å². The number of nitriles is 1. The highest BCUT2D eigenvalue weighted by atomic mass is 32.2. The number of sulfonamides is 1. The van der Waals surface area contributed by atoms with Crippen LogP contribution < -0.4 is 4.31 Å². The molecular weight excluding hydrogens is 280 g/mol. The molecule has 1 aliphatic rings. The zero-order chi connectivity index (χ0) is 14.9. The third-order valence-corrected chi connectivity index (χ3v) is 5.52. The molecule has 0 aromatic heterocycles. The van der Waals surface area contributed by atoms with E-state index in [1.54, 1.807) is 19.1 Å². The number of fused-ring (bicyclic) bond motifs is 1. The van der Waals surface area contributed by atoms with Crippen LogP contribution in [0.25, 0.3) is 0 Å². The summed E-state index contributed by atoms with van der Waals surface area (Å²) in [5.41, 5.74) is 1.20. The van der Waals surface area contributed by atoms with Crippen LogP contribution in [-0.4, -0.2) is 31.3 Å². The number of nitrogens with zero attached hydrogens (tertiary/aromatic N) is 2. The number of benzene rings is 1. The number of rotatable bonds is 4. The fraction of sp³-hybridized carbons (Fsp3) is 0.385. The van der Waals surface area contributed by atoms with Gasteiger partial charge in [-0.25, -0.2) is 13.2 Å². The average Bonchev–Trinajstić information content (AvgIpc) is 2.83. The SMILES string of the molecule is CCC(C#N)S(=O)(=O)N1CCc2ccc(C(=O)O)cc21. The highest BCUT2D eigenvalue weighted by Crippen LogP contribution is 2.33. The molecule has 1 unspecified atom stereocenters. The summed E-state index contributed by atoms with van der Waals surface area (Å²) in [6, 6.07) is 6.23. The first-order valence-electron chi connectivity index (χ1n) is 6.19. The molecule has 2 rings (SSSR count). The number of carboxylic acid groups (broad SMARTS) is 1. The zero-order valence-corrected chi connectivity index (χ0v) is 11.7. The van der Waals surface area contributed by atoms with E-state index in [0.29, 0.717) is 12.1 Å². The Kier molecular flexibility index (Phi) is 3.68. The number of carboxylic acids is 1. The lowest BCUT2D eigenvalue weighted by atomic mass is 10.1. The minimum absolute atomic E-state index is 0.0378. The molecule has 0 amide bonds. The van der Waals surface area contributed by atoms with Gasteiger partial charge >= 0.3 is 5.97 Å². The van der Waals surface area contributed by atoms with Crippen molar-refractivity contribution >= 4 is 21.7 Å². The summed E-state index contributed by atoms with van der Waals surface area (Å²) in [7, 11) is -3.78. The Morgan fingerprint density at radius 2 is 2.25 bits per heavy atom. The molecule has 1 aliphatic heterocycles. The van der Waals surface area contributed by atoms with E-state index in [1.807, 2.05) is 0 Å². The van der Waals surface area contributed by atoms with E-state index in [1.165, 1.54) is 12.1 Å². The number of hydrogen-bond acceptors (Lipinski definition) is 4. The first-order valence-corrected chi connectivity index (χ1v) is 7.69. The molecule has 0 saturated heterocycles. The molecule has 20 heavy (non-hydrogen) atoms. The first-order chi connectivity index (χ1) is 9.41. The molecule has 1 atom stereocenters. The molecule has 0 aliphatic carbocycles. The largest absolute Gasteiger partial charge is 0.478 e. The van der Waals surface area contributed by atoms with E-state index in [9.17, 15) is 13.2 Å². The van der Waals surface area contributed by atoms with Crippen LogP contribution >= 0.6 is 0 Å². The van der Waals surface area contributed by atoms with E-state index in [-0.39, 0.29) is 18.5 Å². The molecule has 6 nitrogen and oxygen atoms in total. The van der Waals surface area contributed by atoms with Crippen molar-refractivity contribution in [1.82, 2.24) is 0 Å². The fourth-order valence-electron chi connectivity index (χ4n) is 2.27. The van der Waals surface area contributed by atoms with Gasteiger partial charge in [-0.3, -0.25) is 4.31 Å². The Balaban J connectivity index is 2.48. The normalized spacial score (nSPS) is 15.5. The van der Waals surface area contributed by atoms with Crippen LogP contribution in [0.2, 0.25) is 0 Å². The standard InChI is InChI=1S/C13H14N2O4S/c1-2-11(8-14)20(18,19)15-6-5-9-3-4-10(13(16)17)7-12(9)15/h3-4,7,11H,2,5-6H2,1H3,(H,16,17). The highest BCUT2D eigenvalue weighted by Gasteiger charge is 2.35. The van der Waals surface area contributed by atoms with Crippen LogP contribution in [0.1, 0.15) is 29.3 Å². The molecule has 0 fully saturated rings. The number of carbonyl (C=O) groups is 1. The van der Waals surface area contributed by atoms with Crippen LogP contribution in [0.3, 0.4) is 0 Å². The fourth-order valence-corrected chi connectivity index (χ4v) is 3.92. The predicted molar refractivity (Wildman–Crippen MR) is 73.1 cm³/mol. The van der Waals surface area contributed by atoms with Crippen LogP contribution in [0.15, 0.2) is 18.2 Å². The summed E-state index contributed by atoms with van der Waals surface area (Å²) < 4.78 is 25.9. The summed E-state index contributed by atoms with van der Waals surface area (Å²) in [5, 5.41) is 16.8. The molecule has 1 heterocycles. The lowest BCUT2D eigenvalue weighted by molar-refractivity contribution is 0.0697. The van der Waals surface area contributed by atoms with E-state index >= 15 is 0 Å². The van der Waals surface area contributed by atoms with Gasteiger partial charge in [0.1, 0.15) is 0 Å². The highest BCUT2D eigenvalue weighted by molar-refractivity contribution is 7.93. The summed E-state index contributed by atoms with van der Waals surface area (Å²) in [6.45, 7) is 1.88. The maximum Gasteiger partial charge on any atom is 0.335 e. The molecule has 106 valence electrons. The summed E-state index contributed by atoms with van der Waals surface area (Å²) in [5.74, 6) is -1.11. The van der Waals surface area contributed by atoms with Crippen molar-refractivity contribution in [1.29, 1.82) is 5.26 Å². The van der Waals surface area contributed by atoms with Crippen LogP contribution in [0.5, 0.6) is 0 Å². The summed E-state index contributed by atoms with van der Waals surface area (Å²) in [4.78, 5) is 11.0. The smallest absolute Gasteiger partial charge is 0.335 e. The minimum Gasteiger partial charge on any atom is -0.478 e. The van der Waals surface area contributed by atoms with Gasteiger partial charge in [-0.15, -0.1) is 0 Å². The number of aromatic carboxylic acids is 1. The van der Waals surface area contributed by atoms with Crippen molar-refractivity contribution in [2.75, 3.05) is 10.8 Å². The maximum absolute atomic E-state index is 12.4. The lowest BCUT2D eigenvalue weighted by Gasteiger charge is -2.22. The van der Waals surface area contributed by atoms with Gasteiger partial charge in [-0.1, -0.05) is 13.0 Å². The van der Waals surface area contributed by atoms with Gasteiger partial charge in [0.25, 0.3) is 10.0 Å². The van der Waals surface area contributed by atoms with Gasteiger partial charge in [-0.05, 0) is 30.5 Å². The number of hydrogen-bond donors (Lipinski definition) is 1. The molecule has 0 saturated carbocycles. The monoisotopic (exact) mass is 294 g/mol. The second-order valence-electron chi connectivity index (χ2n) is 4.54. The number of anilines is 1. The molecule has 1 N–H and O–H groups in total. The second-order valence-corrected chi connectivity index (χ2v) is 6.58. The quantitative estimate of drug-likeness (QED) is 0.904. The van der Waals surface area contributed by atoms with Gasteiger partial charge in [0.05, 0.1) is 17.3 Å². The Morgan fingerprint density at radius 1 is 1.55 bits per heavy atom. The Hall–Kier alpha value is -2.07. The molecule has 0 bridgehead atoms. The van der Waals surface area contributed by atoms with Crippen molar-refractivity contribution in [3.8, 4) is 6.07 Å². The van der Waals surface area contributed by atoms with Crippen molar-refractivity contribution in [2.24, 2.45) is 0 Å². The average molecular weight is 294 g/mol. The Morgan fingerprint density at radius 3 is 2.80 bits per heavy atom. The molecule has 1 aromatic rings. The molecule has 7 heteroatoms. The van der Waals surface area contributed by atoms with Gasteiger partial charge in [-0.2, -0.15) is 5.26 Å². The molecular formula is C13H14N2O4S. The Bertz CT molecular complexity index is 691. The van der Waals surface area contributed by atoms with E-state index < -0.39 is 21.2 Å².